The lowest BCUT2D eigenvalue weighted by molar-refractivity contribution is -0.134. The molecular formula is C25H27N7O. The van der Waals surface area contributed by atoms with Crippen LogP contribution in [0.1, 0.15) is 44.2 Å². The molecule has 1 amide bonds. The van der Waals surface area contributed by atoms with E-state index in [-0.39, 0.29) is 5.92 Å². The van der Waals surface area contributed by atoms with Crippen LogP contribution in [0.4, 0.5) is 5.82 Å². The van der Waals surface area contributed by atoms with Crippen molar-refractivity contribution in [1.82, 2.24) is 24.8 Å². The third kappa shape index (κ3) is 3.62. The quantitative estimate of drug-likeness (QED) is 0.666. The van der Waals surface area contributed by atoms with E-state index in [2.05, 4.69) is 16.0 Å². The van der Waals surface area contributed by atoms with E-state index in [1.165, 1.54) is 0 Å². The van der Waals surface area contributed by atoms with Crippen LogP contribution < -0.4 is 4.90 Å². The predicted molar refractivity (Wildman–Crippen MR) is 124 cm³/mol. The molecule has 3 aromatic rings. The van der Waals surface area contributed by atoms with Crippen LogP contribution in [0.2, 0.25) is 0 Å². The SMILES string of the molecule is N#CC1(c2cccc(-c3nc4nc(N5CCC[C@@H](C(=O)N6CCCC6)C5)ccc4[nH]3)n2)CC1. The number of amides is 1. The lowest BCUT2D eigenvalue weighted by Crippen LogP contribution is -2.44. The Kier molecular flexibility index (Phi) is 4.79. The van der Waals surface area contributed by atoms with Crippen molar-refractivity contribution in [2.24, 2.45) is 5.92 Å². The molecule has 0 bridgehead atoms. The van der Waals surface area contributed by atoms with Gasteiger partial charge in [-0.3, -0.25) is 4.79 Å². The summed E-state index contributed by atoms with van der Waals surface area (Å²) in [7, 11) is 0. The molecule has 0 radical (unpaired) electrons. The van der Waals surface area contributed by atoms with Crippen LogP contribution in [0.5, 0.6) is 0 Å². The molecule has 3 aliphatic rings. The molecule has 2 aliphatic heterocycles. The molecule has 2 saturated heterocycles. The van der Waals surface area contributed by atoms with Gasteiger partial charge in [0.05, 0.1) is 28.6 Å². The maximum Gasteiger partial charge on any atom is 0.227 e. The molecule has 8 nitrogen and oxygen atoms in total. The van der Waals surface area contributed by atoms with Gasteiger partial charge in [0.25, 0.3) is 0 Å². The number of carbonyl (C=O) groups is 1. The van der Waals surface area contributed by atoms with Crippen molar-refractivity contribution in [2.75, 3.05) is 31.1 Å². The van der Waals surface area contributed by atoms with Crippen molar-refractivity contribution in [3.8, 4) is 17.6 Å². The fourth-order valence-electron chi connectivity index (χ4n) is 5.15. The number of H-pyrrole nitrogens is 1. The molecule has 0 unspecified atom stereocenters. The normalized spacial score (nSPS) is 21.8. The van der Waals surface area contributed by atoms with Gasteiger partial charge >= 0.3 is 0 Å². The number of rotatable bonds is 4. The van der Waals surface area contributed by atoms with Gasteiger partial charge in [-0.25, -0.2) is 15.0 Å². The zero-order valence-electron chi connectivity index (χ0n) is 18.6. The first-order chi connectivity index (χ1) is 16.1. The number of pyridine rings is 2. The highest BCUT2D eigenvalue weighted by Gasteiger charge is 2.46. The van der Waals surface area contributed by atoms with Gasteiger partial charge < -0.3 is 14.8 Å². The zero-order valence-corrected chi connectivity index (χ0v) is 18.6. The second-order valence-corrected chi connectivity index (χ2v) is 9.55. The zero-order chi connectivity index (χ0) is 22.4. The number of nitrogens with one attached hydrogen (secondary N) is 1. The van der Waals surface area contributed by atoms with Crippen molar-refractivity contribution in [3.63, 3.8) is 0 Å². The number of nitriles is 1. The Morgan fingerprint density at radius 1 is 1.06 bits per heavy atom. The molecular weight excluding hydrogens is 414 g/mol. The Hall–Kier alpha value is -3.47. The van der Waals surface area contributed by atoms with E-state index in [1.807, 2.05) is 35.2 Å². The number of carbonyl (C=O) groups excluding carboxylic acids is 1. The lowest BCUT2D eigenvalue weighted by Gasteiger charge is -2.34. The topological polar surface area (TPSA) is 102 Å². The highest BCUT2D eigenvalue weighted by molar-refractivity contribution is 5.80. The summed E-state index contributed by atoms with van der Waals surface area (Å²) in [5.74, 6) is 1.87. The van der Waals surface area contributed by atoms with Crippen LogP contribution in [0.15, 0.2) is 30.3 Å². The first-order valence-corrected chi connectivity index (χ1v) is 11.9. The van der Waals surface area contributed by atoms with Crippen molar-refractivity contribution in [1.29, 1.82) is 5.26 Å². The Morgan fingerprint density at radius 2 is 1.91 bits per heavy atom. The maximum absolute atomic E-state index is 12.9. The van der Waals surface area contributed by atoms with E-state index < -0.39 is 5.41 Å². The Morgan fingerprint density at radius 3 is 2.70 bits per heavy atom. The van der Waals surface area contributed by atoms with E-state index in [1.54, 1.807) is 0 Å². The maximum atomic E-state index is 12.9. The summed E-state index contributed by atoms with van der Waals surface area (Å²) in [4.78, 5) is 34.7. The van der Waals surface area contributed by atoms with E-state index in [0.717, 1.165) is 80.9 Å². The van der Waals surface area contributed by atoms with Gasteiger partial charge in [-0.15, -0.1) is 0 Å². The molecule has 6 rings (SSSR count). The van der Waals surface area contributed by atoms with Crippen LogP contribution >= 0.6 is 0 Å². The molecule has 1 saturated carbocycles. The highest BCUT2D eigenvalue weighted by atomic mass is 16.2. The van der Waals surface area contributed by atoms with Crippen molar-refractivity contribution < 1.29 is 4.79 Å². The third-order valence-electron chi connectivity index (χ3n) is 7.29. The van der Waals surface area contributed by atoms with Gasteiger partial charge in [-0.2, -0.15) is 5.26 Å². The van der Waals surface area contributed by atoms with Crippen molar-refractivity contribution >= 4 is 22.9 Å². The van der Waals surface area contributed by atoms with E-state index in [9.17, 15) is 10.1 Å². The summed E-state index contributed by atoms with van der Waals surface area (Å²) in [6.45, 7) is 3.42. The predicted octanol–water partition coefficient (Wildman–Crippen LogP) is 3.41. The Balaban J connectivity index is 1.24. The molecule has 0 aromatic carbocycles. The summed E-state index contributed by atoms with van der Waals surface area (Å²) in [6, 6.07) is 12.2. The molecule has 1 aliphatic carbocycles. The molecule has 8 heteroatoms. The molecule has 0 spiro atoms. The van der Waals surface area contributed by atoms with Gasteiger partial charge in [-0.05, 0) is 62.8 Å². The summed E-state index contributed by atoms with van der Waals surface area (Å²) >= 11 is 0. The summed E-state index contributed by atoms with van der Waals surface area (Å²) in [5, 5.41) is 9.50. The smallest absolute Gasteiger partial charge is 0.227 e. The monoisotopic (exact) mass is 441 g/mol. The van der Waals surface area contributed by atoms with Gasteiger partial charge in [-0.1, -0.05) is 6.07 Å². The highest BCUT2D eigenvalue weighted by Crippen LogP contribution is 2.46. The van der Waals surface area contributed by atoms with Crippen LogP contribution in [0.25, 0.3) is 22.7 Å². The first-order valence-electron chi connectivity index (χ1n) is 11.9. The fraction of sp³-hybridized carbons (Fsp3) is 0.480. The van der Waals surface area contributed by atoms with Gasteiger partial charge in [0.2, 0.25) is 5.91 Å². The summed E-state index contributed by atoms with van der Waals surface area (Å²) in [6.07, 6.45) is 5.92. The number of piperidine rings is 1. The number of hydrogen-bond acceptors (Lipinski definition) is 6. The second kappa shape index (κ2) is 7.84. The third-order valence-corrected chi connectivity index (χ3v) is 7.29. The van der Waals surface area contributed by atoms with E-state index in [0.29, 0.717) is 23.9 Å². The van der Waals surface area contributed by atoms with Gasteiger partial charge in [0.1, 0.15) is 11.5 Å². The summed E-state index contributed by atoms with van der Waals surface area (Å²) < 4.78 is 0. The minimum atomic E-state index is -0.426. The molecule has 1 N–H and O–H groups in total. The summed E-state index contributed by atoms with van der Waals surface area (Å²) in [5.41, 5.74) is 2.61. The molecule has 5 heterocycles. The van der Waals surface area contributed by atoms with Gasteiger partial charge in [0.15, 0.2) is 11.5 Å². The van der Waals surface area contributed by atoms with Crippen molar-refractivity contribution in [3.05, 3.63) is 36.0 Å². The Labute approximate surface area is 192 Å². The van der Waals surface area contributed by atoms with E-state index >= 15 is 0 Å². The molecule has 3 fully saturated rings. The van der Waals surface area contributed by atoms with Crippen LogP contribution in [-0.2, 0) is 10.2 Å². The van der Waals surface area contributed by atoms with E-state index in [4.69, 9.17) is 15.0 Å². The first kappa shape index (κ1) is 20.2. The molecule has 1 atom stereocenters. The standard InChI is InChI=1S/C25H27N7O/c26-16-25(10-11-25)20-7-3-6-18(27-20)22-28-19-8-9-21(29-23(19)30-22)32-14-4-5-17(15-32)24(33)31-12-1-2-13-31/h3,6-9,17H,1-2,4-5,10-15H2,(H,28,29,30)/t17-/m1/s1. The largest absolute Gasteiger partial charge is 0.356 e. The lowest BCUT2D eigenvalue weighted by atomic mass is 9.96. The molecule has 3 aromatic heterocycles. The minimum Gasteiger partial charge on any atom is -0.356 e. The number of imidazole rings is 1. The number of hydrogen-bond donors (Lipinski definition) is 1. The number of likely N-dealkylation sites (tertiary alicyclic amines) is 1. The second-order valence-electron chi connectivity index (χ2n) is 9.55. The minimum absolute atomic E-state index is 0.0471. The van der Waals surface area contributed by atoms with Crippen LogP contribution in [0, 0.1) is 17.2 Å². The molecule has 168 valence electrons. The average Bonchev–Trinajstić information content (AvgIpc) is 3.27. The number of fused-ring (bicyclic) bond motifs is 1. The number of nitrogens with zero attached hydrogens (tertiary/aromatic N) is 6. The number of aromatic nitrogens is 4. The number of aromatic amines is 1. The number of anilines is 1. The van der Waals surface area contributed by atoms with Crippen molar-refractivity contribution in [2.45, 2.75) is 43.9 Å². The van der Waals surface area contributed by atoms with Gasteiger partial charge in [0, 0.05) is 26.2 Å². The molecule has 33 heavy (non-hydrogen) atoms. The Bertz CT molecular complexity index is 1250. The van der Waals surface area contributed by atoms with Crippen LogP contribution in [-0.4, -0.2) is 56.9 Å². The average molecular weight is 442 g/mol. The fourth-order valence-corrected chi connectivity index (χ4v) is 5.15. The van der Waals surface area contributed by atoms with Crippen LogP contribution in [0.3, 0.4) is 0 Å².